The molecule has 160 valence electrons. The Labute approximate surface area is 187 Å². The first-order chi connectivity index (χ1) is 15.5. The minimum absolute atomic E-state index is 0.303. The largest absolute Gasteiger partial charge is 0.460 e. The van der Waals surface area contributed by atoms with Crippen LogP contribution < -0.4 is 5.32 Å². The van der Waals surface area contributed by atoms with Crippen molar-refractivity contribution in [1.29, 1.82) is 0 Å². The number of nitrogens with one attached hydrogen (secondary N) is 1. The number of rotatable bonds is 5. The highest BCUT2D eigenvalue weighted by atomic mass is 16.5. The van der Waals surface area contributed by atoms with Gasteiger partial charge in [0.25, 0.3) is 0 Å². The highest BCUT2D eigenvalue weighted by Crippen LogP contribution is 2.31. The van der Waals surface area contributed by atoms with E-state index in [1.54, 1.807) is 0 Å². The molecule has 0 saturated heterocycles. The van der Waals surface area contributed by atoms with Gasteiger partial charge >= 0.3 is 5.97 Å². The summed E-state index contributed by atoms with van der Waals surface area (Å²) in [5.74, 6) is -0.303. The summed E-state index contributed by atoms with van der Waals surface area (Å²) < 4.78 is 9.74. The summed E-state index contributed by atoms with van der Waals surface area (Å²) >= 11 is 0. The van der Waals surface area contributed by atoms with E-state index in [1.165, 1.54) is 5.39 Å². The third-order valence-electron chi connectivity index (χ3n) is 5.95. The maximum atomic E-state index is 13.0. The first-order valence-electron chi connectivity index (χ1n) is 10.8. The summed E-state index contributed by atoms with van der Waals surface area (Å²) in [5, 5.41) is 6.36. The van der Waals surface area contributed by atoms with Crippen LogP contribution in [0.3, 0.4) is 0 Å². The van der Waals surface area contributed by atoms with Crippen molar-refractivity contribution >= 4 is 39.5 Å². The second-order valence-corrected chi connectivity index (χ2v) is 8.23. The number of hydrogen-bond donors (Lipinski definition) is 1. The molecule has 0 spiro atoms. The molecule has 5 nitrogen and oxygen atoms in total. The van der Waals surface area contributed by atoms with E-state index in [-0.39, 0.29) is 5.97 Å². The first-order valence-corrected chi connectivity index (χ1v) is 10.8. The molecule has 5 rings (SSSR count). The molecule has 4 bridgehead atoms. The molecule has 3 aromatic carbocycles. The summed E-state index contributed by atoms with van der Waals surface area (Å²) in [6.45, 7) is 7.74. The predicted molar refractivity (Wildman–Crippen MR) is 129 cm³/mol. The van der Waals surface area contributed by atoms with Gasteiger partial charge in [-0.1, -0.05) is 30.3 Å². The molecule has 0 amide bonds. The quantitative estimate of drug-likeness (QED) is 0.284. The monoisotopic (exact) mass is 424 g/mol. The lowest BCUT2D eigenvalue weighted by atomic mass is 10.0. The minimum Gasteiger partial charge on any atom is -0.460 e. The van der Waals surface area contributed by atoms with Gasteiger partial charge in [-0.15, -0.1) is 0 Å². The molecule has 1 N–H and O–H groups in total. The van der Waals surface area contributed by atoms with Crippen LogP contribution in [-0.4, -0.2) is 41.5 Å². The van der Waals surface area contributed by atoms with E-state index in [2.05, 4.69) is 81.9 Å². The van der Waals surface area contributed by atoms with Crippen molar-refractivity contribution in [3.05, 3.63) is 89.8 Å². The molecule has 0 fully saturated rings. The molecule has 0 aliphatic carbocycles. The number of esters is 1. The lowest BCUT2D eigenvalue weighted by Crippen LogP contribution is -2.19. The molecule has 1 aromatic heterocycles. The Morgan fingerprint density at radius 2 is 1.97 bits per heavy atom. The summed E-state index contributed by atoms with van der Waals surface area (Å²) in [5.41, 5.74) is 5.77. The van der Waals surface area contributed by atoms with Crippen molar-refractivity contribution in [1.82, 2.24) is 9.88 Å². The number of likely N-dealkylation sites (N-methyl/N-ethyl adjacent to an activating group) is 1. The van der Waals surface area contributed by atoms with Crippen LogP contribution in [0.15, 0.2) is 72.9 Å². The maximum Gasteiger partial charge on any atom is 0.355 e. The van der Waals surface area contributed by atoms with Gasteiger partial charge in [0.05, 0.1) is 0 Å². The Balaban J connectivity index is 1.77. The van der Waals surface area contributed by atoms with Crippen molar-refractivity contribution in [2.75, 3.05) is 20.2 Å². The summed E-state index contributed by atoms with van der Waals surface area (Å²) in [7, 11) is 1.84. The van der Waals surface area contributed by atoms with Crippen LogP contribution in [0.5, 0.6) is 0 Å². The minimum atomic E-state index is -0.303. The van der Waals surface area contributed by atoms with Crippen LogP contribution in [0.25, 0.3) is 21.7 Å². The van der Waals surface area contributed by atoms with Gasteiger partial charge < -0.3 is 14.6 Å². The van der Waals surface area contributed by atoms with Crippen LogP contribution in [0, 0.1) is 0 Å². The SMILES string of the molecule is C=C(C)[N+]1=Cc2ccc3cc(C(=O)OCCNC)n(c3c2)Cc2cc1cc1ccccc21. The molecule has 4 aromatic rings. The van der Waals surface area contributed by atoms with E-state index in [0.29, 0.717) is 25.4 Å². The number of carbonyl (C=O) groups is 1. The lowest BCUT2D eigenvalue weighted by molar-refractivity contribution is -0.376. The molecular weight excluding hydrogens is 398 g/mol. The molecular formula is C27H26N3O2+. The van der Waals surface area contributed by atoms with Gasteiger partial charge in [-0.25, -0.2) is 4.79 Å². The smallest absolute Gasteiger partial charge is 0.355 e. The van der Waals surface area contributed by atoms with Crippen molar-refractivity contribution in [2.45, 2.75) is 13.5 Å². The van der Waals surface area contributed by atoms with Crippen LogP contribution in [-0.2, 0) is 11.3 Å². The van der Waals surface area contributed by atoms with Crippen LogP contribution >= 0.6 is 0 Å². The molecule has 32 heavy (non-hydrogen) atoms. The fourth-order valence-corrected chi connectivity index (χ4v) is 4.38. The Morgan fingerprint density at radius 1 is 1.12 bits per heavy atom. The van der Waals surface area contributed by atoms with Crippen molar-refractivity contribution in [2.24, 2.45) is 0 Å². The number of benzene rings is 3. The van der Waals surface area contributed by atoms with Gasteiger partial charge in [-0.2, -0.15) is 4.58 Å². The molecule has 1 aliphatic rings. The van der Waals surface area contributed by atoms with Gasteiger partial charge in [-0.3, -0.25) is 0 Å². The zero-order chi connectivity index (χ0) is 22.2. The number of hydrogen-bond acceptors (Lipinski definition) is 3. The van der Waals surface area contributed by atoms with Crippen LogP contribution in [0.1, 0.15) is 28.5 Å². The average Bonchev–Trinajstić information content (AvgIpc) is 3.15. The van der Waals surface area contributed by atoms with Gasteiger partial charge in [-0.05, 0) is 48.2 Å². The topological polar surface area (TPSA) is 46.3 Å². The molecule has 5 heteroatoms. The van der Waals surface area contributed by atoms with E-state index in [1.807, 2.05) is 20.0 Å². The average molecular weight is 425 g/mol. The van der Waals surface area contributed by atoms with Crippen LogP contribution in [0.4, 0.5) is 5.69 Å². The van der Waals surface area contributed by atoms with Crippen molar-refractivity contribution < 1.29 is 14.1 Å². The fraction of sp³-hybridized carbons (Fsp3) is 0.185. The number of fused-ring (bicyclic) bond motifs is 5. The Morgan fingerprint density at radius 3 is 2.78 bits per heavy atom. The normalized spacial score (nSPS) is 12.8. The Kier molecular flexibility index (Phi) is 5.11. The molecule has 2 heterocycles. The van der Waals surface area contributed by atoms with E-state index < -0.39 is 0 Å². The Hall–Kier alpha value is -3.70. The second kappa shape index (κ2) is 8.09. The summed E-state index contributed by atoms with van der Waals surface area (Å²) in [4.78, 5) is 13.0. The van der Waals surface area contributed by atoms with Crippen LogP contribution in [0.2, 0.25) is 0 Å². The number of allylic oxidation sites excluding steroid dienone is 1. The van der Waals surface area contributed by atoms with Crippen molar-refractivity contribution in [3.63, 3.8) is 0 Å². The molecule has 0 unspecified atom stereocenters. The van der Waals surface area contributed by atoms with E-state index >= 15 is 0 Å². The van der Waals surface area contributed by atoms with Gasteiger partial charge in [0.1, 0.15) is 12.3 Å². The Bertz CT molecular complexity index is 1410. The predicted octanol–water partition coefficient (Wildman–Crippen LogP) is 4.83. The molecule has 0 atom stereocenters. The van der Waals surface area contributed by atoms with Gasteiger partial charge in [0.2, 0.25) is 5.69 Å². The number of ether oxygens (including phenoxy) is 1. The zero-order valence-electron chi connectivity index (χ0n) is 18.4. The van der Waals surface area contributed by atoms with Gasteiger partial charge in [0.15, 0.2) is 11.9 Å². The number of aromatic nitrogens is 1. The molecule has 1 aliphatic heterocycles. The highest BCUT2D eigenvalue weighted by molar-refractivity contribution is 5.98. The second-order valence-electron chi connectivity index (χ2n) is 8.23. The number of carbonyl (C=O) groups excluding carboxylic acids is 1. The molecule has 0 saturated carbocycles. The van der Waals surface area contributed by atoms with E-state index in [0.717, 1.165) is 38.8 Å². The summed E-state index contributed by atoms with van der Waals surface area (Å²) in [6.07, 6.45) is 2.10. The first kappa shape index (κ1) is 20.2. The highest BCUT2D eigenvalue weighted by Gasteiger charge is 2.22. The zero-order valence-corrected chi connectivity index (χ0v) is 18.4. The fourth-order valence-electron chi connectivity index (χ4n) is 4.38. The van der Waals surface area contributed by atoms with Gasteiger partial charge in [0, 0.05) is 48.6 Å². The van der Waals surface area contributed by atoms with E-state index in [9.17, 15) is 4.79 Å². The molecule has 0 radical (unpaired) electrons. The third-order valence-corrected chi connectivity index (χ3v) is 5.95. The lowest BCUT2D eigenvalue weighted by Gasteiger charge is -2.15. The standard InChI is InChI=1S/C27H26N3O2/c1-18(2)29-16-19-8-9-21-15-26(27(31)32-11-10-28-3)30(25(21)12-19)17-22-14-23(29)13-20-6-4-5-7-24(20)22/h4-9,12-16,28H,1,10-11,17H2,2-3H3/q+1. The number of nitrogens with zero attached hydrogens (tertiary/aromatic N) is 2. The van der Waals surface area contributed by atoms with E-state index in [4.69, 9.17) is 4.74 Å². The maximum absolute atomic E-state index is 13.0. The summed E-state index contributed by atoms with van der Waals surface area (Å²) in [6, 6.07) is 20.9. The third kappa shape index (κ3) is 3.51. The van der Waals surface area contributed by atoms with Crippen molar-refractivity contribution in [3.8, 4) is 0 Å².